The second kappa shape index (κ2) is 14.2. The lowest BCUT2D eigenvalue weighted by Gasteiger charge is -2.33. The van der Waals surface area contributed by atoms with E-state index in [9.17, 15) is 24.3 Å². The minimum Gasteiger partial charge on any atom is -0.481 e. The van der Waals surface area contributed by atoms with Crippen LogP contribution < -0.4 is 5.32 Å². The van der Waals surface area contributed by atoms with Gasteiger partial charge in [-0.3, -0.25) is 19.2 Å². The number of esters is 1. The van der Waals surface area contributed by atoms with E-state index in [4.69, 9.17) is 4.74 Å². The van der Waals surface area contributed by atoms with Gasteiger partial charge in [0.05, 0.1) is 10.9 Å². The lowest BCUT2D eigenvalue weighted by atomic mass is 9.96. The van der Waals surface area contributed by atoms with Crippen molar-refractivity contribution in [1.29, 1.82) is 0 Å². The minimum absolute atomic E-state index is 0.0824. The van der Waals surface area contributed by atoms with Gasteiger partial charge in [-0.15, -0.1) is 22.7 Å². The van der Waals surface area contributed by atoms with Gasteiger partial charge in [0.2, 0.25) is 5.91 Å². The summed E-state index contributed by atoms with van der Waals surface area (Å²) >= 11 is 2.69. The smallest absolute Gasteiger partial charge is 0.306 e. The number of hydrogen-bond acceptors (Lipinski definition) is 9. The standard InChI is InChI=1S/C28H40N4O6S2/c1-15(2)22(32(6)25(34)10-19-7-8-19)12-23(38-18(5)33)27-31-21(14-40-27)26(35)30-20(9-16(3)28(36)37)11-24-29-17(4)13-39-24/h13-16,19-20,22-23H,7-12H2,1-6H3,(H,30,35)(H,36,37)/t16-,20+,22?,23?/m0/s1. The van der Waals surface area contributed by atoms with Crippen LogP contribution >= 0.6 is 22.7 Å². The summed E-state index contributed by atoms with van der Waals surface area (Å²) in [5.74, 6) is -1.83. The quantitative estimate of drug-likeness (QED) is 0.285. The second-order valence-corrected chi connectivity index (χ2v) is 12.9. The number of carbonyl (C=O) groups is 4. The number of thiazole rings is 2. The molecule has 2 unspecified atom stereocenters. The molecule has 2 N–H and O–H groups in total. The molecular formula is C28H40N4O6S2. The SMILES string of the molecule is CC(=O)OC(CC(C(C)C)N(C)C(=O)CC1CC1)c1nc(C(=O)N[C@@H](Cc2nc(C)cs2)C[C@H](C)C(=O)O)cs1. The van der Waals surface area contributed by atoms with Crippen LogP contribution in [0, 0.1) is 24.7 Å². The maximum absolute atomic E-state index is 13.2. The zero-order chi connectivity index (χ0) is 29.6. The van der Waals surface area contributed by atoms with Gasteiger partial charge in [-0.25, -0.2) is 9.97 Å². The normalized spacial score (nSPS) is 16.2. The van der Waals surface area contributed by atoms with Crippen LogP contribution in [0.5, 0.6) is 0 Å². The maximum atomic E-state index is 13.2. The summed E-state index contributed by atoms with van der Waals surface area (Å²) in [6, 6.07) is -0.629. The van der Waals surface area contributed by atoms with Gasteiger partial charge in [0.25, 0.3) is 5.91 Å². The minimum atomic E-state index is -0.935. The molecule has 220 valence electrons. The van der Waals surface area contributed by atoms with Gasteiger partial charge in [0.1, 0.15) is 10.7 Å². The number of aryl methyl sites for hydroxylation is 1. The Labute approximate surface area is 243 Å². The van der Waals surface area contributed by atoms with Crippen molar-refractivity contribution in [3.63, 3.8) is 0 Å². The fourth-order valence-corrected chi connectivity index (χ4v) is 6.31. The predicted molar refractivity (Wildman–Crippen MR) is 153 cm³/mol. The van der Waals surface area contributed by atoms with E-state index in [0.717, 1.165) is 23.5 Å². The van der Waals surface area contributed by atoms with Crippen molar-refractivity contribution in [2.75, 3.05) is 7.05 Å². The number of hydrogen-bond donors (Lipinski definition) is 2. The van der Waals surface area contributed by atoms with E-state index in [0.29, 0.717) is 30.2 Å². The number of rotatable bonds is 15. The highest BCUT2D eigenvalue weighted by molar-refractivity contribution is 7.10. The van der Waals surface area contributed by atoms with E-state index < -0.39 is 35.9 Å². The Morgan fingerprint density at radius 2 is 1.82 bits per heavy atom. The van der Waals surface area contributed by atoms with Crippen LogP contribution in [0.2, 0.25) is 0 Å². The van der Waals surface area contributed by atoms with Crippen molar-refractivity contribution in [3.8, 4) is 0 Å². The molecule has 1 fully saturated rings. The zero-order valence-corrected chi connectivity index (χ0v) is 25.6. The molecule has 0 radical (unpaired) electrons. The van der Waals surface area contributed by atoms with E-state index in [1.807, 2.05) is 26.2 Å². The first kappa shape index (κ1) is 31.7. The topological polar surface area (TPSA) is 139 Å². The number of ether oxygens (including phenoxy) is 1. The Hall–Kier alpha value is -2.86. The van der Waals surface area contributed by atoms with Crippen LogP contribution in [0.25, 0.3) is 0 Å². The molecule has 1 aliphatic rings. The molecule has 1 saturated carbocycles. The van der Waals surface area contributed by atoms with Gasteiger partial charge < -0.3 is 20.1 Å². The summed E-state index contributed by atoms with van der Waals surface area (Å²) in [5.41, 5.74) is 1.04. The van der Waals surface area contributed by atoms with E-state index in [1.54, 1.807) is 24.3 Å². The summed E-state index contributed by atoms with van der Waals surface area (Å²) in [5, 5.41) is 17.2. The van der Waals surface area contributed by atoms with Crippen LogP contribution in [0.4, 0.5) is 0 Å². The van der Waals surface area contributed by atoms with Crippen molar-refractivity contribution in [2.24, 2.45) is 17.8 Å². The Morgan fingerprint density at radius 1 is 1.12 bits per heavy atom. The summed E-state index contributed by atoms with van der Waals surface area (Å²) in [7, 11) is 1.79. The molecule has 4 atom stereocenters. The first-order valence-electron chi connectivity index (χ1n) is 13.7. The Morgan fingerprint density at radius 3 is 2.38 bits per heavy atom. The van der Waals surface area contributed by atoms with Crippen LogP contribution in [0.3, 0.4) is 0 Å². The highest BCUT2D eigenvalue weighted by atomic mass is 32.1. The molecule has 0 saturated heterocycles. The first-order valence-corrected chi connectivity index (χ1v) is 15.4. The third-order valence-corrected chi connectivity index (χ3v) is 9.02. The number of nitrogens with one attached hydrogen (secondary N) is 1. The molecule has 3 rings (SSSR count). The van der Waals surface area contributed by atoms with Gasteiger partial charge in [0, 0.05) is 61.8 Å². The fraction of sp³-hybridized carbons (Fsp3) is 0.643. The lowest BCUT2D eigenvalue weighted by Crippen LogP contribution is -2.42. The number of aliphatic carboxylic acids is 1. The van der Waals surface area contributed by atoms with Crippen molar-refractivity contribution < 1.29 is 29.0 Å². The third kappa shape index (κ3) is 9.36. The zero-order valence-electron chi connectivity index (χ0n) is 24.0. The number of amides is 2. The van der Waals surface area contributed by atoms with Crippen LogP contribution in [0.15, 0.2) is 10.8 Å². The molecule has 2 amide bonds. The lowest BCUT2D eigenvalue weighted by molar-refractivity contribution is -0.148. The van der Waals surface area contributed by atoms with Crippen LogP contribution in [0.1, 0.15) is 92.1 Å². The summed E-state index contributed by atoms with van der Waals surface area (Å²) in [6.45, 7) is 8.87. The number of aromatic nitrogens is 2. The molecule has 0 bridgehead atoms. The molecule has 0 spiro atoms. The van der Waals surface area contributed by atoms with Crippen molar-refractivity contribution in [3.05, 3.63) is 32.2 Å². The van der Waals surface area contributed by atoms with E-state index in [2.05, 4.69) is 15.3 Å². The predicted octanol–water partition coefficient (Wildman–Crippen LogP) is 4.64. The van der Waals surface area contributed by atoms with Crippen molar-refractivity contribution in [1.82, 2.24) is 20.2 Å². The van der Waals surface area contributed by atoms with E-state index in [-0.39, 0.29) is 30.0 Å². The van der Waals surface area contributed by atoms with Gasteiger partial charge in [0.15, 0.2) is 6.10 Å². The highest BCUT2D eigenvalue weighted by Gasteiger charge is 2.33. The monoisotopic (exact) mass is 592 g/mol. The number of nitrogens with zero attached hydrogens (tertiary/aromatic N) is 3. The maximum Gasteiger partial charge on any atom is 0.306 e. The van der Waals surface area contributed by atoms with Crippen molar-refractivity contribution >= 4 is 46.4 Å². The summed E-state index contributed by atoms with van der Waals surface area (Å²) < 4.78 is 5.64. The first-order chi connectivity index (χ1) is 18.8. The van der Waals surface area contributed by atoms with E-state index in [1.165, 1.54) is 29.6 Å². The van der Waals surface area contributed by atoms with Gasteiger partial charge in [-0.1, -0.05) is 20.8 Å². The highest BCUT2D eigenvalue weighted by Crippen LogP contribution is 2.35. The Bertz CT molecular complexity index is 1190. The van der Waals surface area contributed by atoms with Gasteiger partial charge in [-0.2, -0.15) is 0 Å². The van der Waals surface area contributed by atoms with Crippen LogP contribution in [-0.4, -0.2) is 62.9 Å². The number of carboxylic acids is 1. The Kier molecular flexibility index (Phi) is 11.2. The van der Waals surface area contributed by atoms with Gasteiger partial charge in [-0.05, 0) is 38.0 Å². The molecule has 12 heteroatoms. The summed E-state index contributed by atoms with van der Waals surface area (Å²) in [6.07, 6.45) is 3.00. The molecule has 0 aromatic carbocycles. The van der Waals surface area contributed by atoms with Crippen LogP contribution in [-0.2, 0) is 25.5 Å². The fourth-order valence-electron chi connectivity index (χ4n) is 4.62. The molecular weight excluding hydrogens is 552 g/mol. The molecule has 40 heavy (non-hydrogen) atoms. The molecule has 0 aliphatic heterocycles. The number of carboxylic acid groups (broad SMARTS) is 1. The molecule has 1 aliphatic carbocycles. The largest absolute Gasteiger partial charge is 0.481 e. The second-order valence-electron chi connectivity index (χ2n) is 11.1. The summed E-state index contributed by atoms with van der Waals surface area (Å²) in [4.78, 5) is 60.3. The molecule has 10 nitrogen and oxygen atoms in total. The third-order valence-electron chi connectivity index (χ3n) is 7.10. The van der Waals surface area contributed by atoms with Gasteiger partial charge >= 0.3 is 11.9 Å². The molecule has 2 heterocycles. The average molecular weight is 593 g/mol. The number of carbonyl (C=O) groups excluding carboxylic acids is 3. The Balaban J connectivity index is 1.75. The van der Waals surface area contributed by atoms with E-state index >= 15 is 0 Å². The average Bonchev–Trinajstić information content (AvgIpc) is 3.37. The molecule has 2 aromatic rings. The van der Waals surface area contributed by atoms with Crippen molar-refractivity contribution in [2.45, 2.75) is 91.3 Å². The molecule has 2 aromatic heterocycles.